The SMILES string of the molecule is C=C(N)C1=CC(C(C)=O)=C(N(CC)CCO)CC1. The molecule has 0 fully saturated rings. The van der Waals surface area contributed by atoms with Gasteiger partial charge in [-0.25, -0.2) is 0 Å². The van der Waals surface area contributed by atoms with Gasteiger partial charge in [-0.15, -0.1) is 0 Å². The molecule has 0 saturated carbocycles. The van der Waals surface area contributed by atoms with Crippen LogP contribution in [0.2, 0.25) is 0 Å². The Morgan fingerprint density at radius 2 is 2.22 bits per heavy atom. The molecule has 100 valence electrons. The summed E-state index contributed by atoms with van der Waals surface area (Å²) in [6.07, 6.45) is 3.40. The van der Waals surface area contributed by atoms with E-state index >= 15 is 0 Å². The monoisotopic (exact) mass is 250 g/mol. The zero-order valence-electron chi connectivity index (χ0n) is 11.2. The maximum atomic E-state index is 11.7. The molecule has 0 aromatic rings. The molecule has 0 heterocycles. The molecule has 0 spiro atoms. The second-order valence-electron chi connectivity index (χ2n) is 4.41. The zero-order chi connectivity index (χ0) is 13.7. The number of rotatable bonds is 6. The third-order valence-corrected chi connectivity index (χ3v) is 3.19. The number of aliphatic hydroxyl groups excluding tert-OH is 1. The molecular formula is C14H22N2O2. The van der Waals surface area contributed by atoms with Crippen LogP contribution in [0.15, 0.2) is 35.2 Å². The number of carbonyl (C=O) groups excluding carboxylic acids is 1. The van der Waals surface area contributed by atoms with Gasteiger partial charge < -0.3 is 15.7 Å². The molecule has 0 saturated heterocycles. The van der Waals surface area contributed by atoms with Crippen molar-refractivity contribution in [2.24, 2.45) is 5.73 Å². The first-order valence-corrected chi connectivity index (χ1v) is 6.26. The summed E-state index contributed by atoms with van der Waals surface area (Å²) in [5.41, 5.74) is 8.85. The van der Waals surface area contributed by atoms with Crippen molar-refractivity contribution in [3.63, 3.8) is 0 Å². The highest BCUT2D eigenvalue weighted by molar-refractivity contribution is 5.97. The predicted octanol–water partition coefficient (Wildman–Crippen LogP) is 1.34. The van der Waals surface area contributed by atoms with Gasteiger partial charge in [-0.05, 0) is 38.3 Å². The molecular weight excluding hydrogens is 228 g/mol. The van der Waals surface area contributed by atoms with Crippen molar-refractivity contribution in [3.8, 4) is 0 Å². The van der Waals surface area contributed by atoms with Crippen LogP contribution >= 0.6 is 0 Å². The lowest BCUT2D eigenvalue weighted by atomic mass is 9.92. The number of allylic oxidation sites excluding steroid dienone is 4. The number of ketones is 1. The Bertz CT molecular complexity index is 408. The minimum Gasteiger partial charge on any atom is -0.399 e. The fourth-order valence-corrected chi connectivity index (χ4v) is 2.21. The molecule has 0 amide bonds. The van der Waals surface area contributed by atoms with Crippen molar-refractivity contribution >= 4 is 5.78 Å². The van der Waals surface area contributed by atoms with Gasteiger partial charge in [0.1, 0.15) is 0 Å². The predicted molar refractivity (Wildman–Crippen MR) is 72.7 cm³/mol. The summed E-state index contributed by atoms with van der Waals surface area (Å²) in [6.45, 7) is 8.71. The Kier molecular flexibility index (Phi) is 5.16. The first-order valence-electron chi connectivity index (χ1n) is 6.26. The first kappa shape index (κ1) is 14.5. The van der Waals surface area contributed by atoms with E-state index in [1.165, 1.54) is 0 Å². The zero-order valence-corrected chi connectivity index (χ0v) is 11.2. The third-order valence-electron chi connectivity index (χ3n) is 3.19. The summed E-state index contributed by atoms with van der Waals surface area (Å²) in [5.74, 6) is 0.0276. The second-order valence-corrected chi connectivity index (χ2v) is 4.41. The van der Waals surface area contributed by atoms with E-state index < -0.39 is 0 Å². The number of aliphatic hydroxyl groups is 1. The second kappa shape index (κ2) is 6.40. The van der Waals surface area contributed by atoms with E-state index in [0.717, 1.165) is 30.7 Å². The number of likely N-dealkylation sites (N-methyl/N-ethyl adjacent to an activating group) is 1. The van der Waals surface area contributed by atoms with Crippen LogP contribution in [0.5, 0.6) is 0 Å². The maximum Gasteiger partial charge on any atom is 0.161 e. The van der Waals surface area contributed by atoms with Gasteiger partial charge >= 0.3 is 0 Å². The Balaban J connectivity index is 3.15. The van der Waals surface area contributed by atoms with Crippen LogP contribution in [-0.4, -0.2) is 35.5 Å². The Morgan fingerprint density at radius 3 is 2.67 bits per heavy atom. The van der Waals surface area contributed by atoms with E-state index in [2.05, 4.69) is 6.58 Å². The molecule has 0 atom stereocenters. The molecule has 1 aliphatic rings. The Hall–Kier alpha value is -1.55. The van der Waals surface area contributed by atoms with Crippen LogP contribution < -0.4 is 5.73 Å². The lowest BCUT2D eigenvalue weighted by molar-refractivity contribution is -0.113. The lowest BCUT2D eigenvalue weighted by Gasteiger charge is -2.30. The van der Waals surface area contributed by atoms with Crippen molar-refractivity contribution in [1.29, 1.82) is 0 Å². The summed E-state index contributed by atoms with van der Waals surface area (Å²) in [5, 5.41) is 9.06. The van der Waals surface area contributed by atoms with Crippen molar-refractivity contribution < 1.29 is 9.90 Å². The molecule has 1 rings (SSSR count). The van der Waals surface area contributed by atoms with Gasteiger partial charge in [-0.2, -0.15) is 0 Å². The number of hydrogen-bond donors (Lipinski definition) is 2. The number of carbonyl (C=O) groups is 1. The summed E-state index contributed by atoms with van der Waals surface area (Å²) in [6, 6.07) is 0. The highest BCUT2D eigenvalue weighted by Crippen LogP contribution is 2.28. The quantitative estimate of drug-likeness (QED) is 0.746. The Labute approximate surface area is 108 Å². The highest BCUT2D eigenvalue weighted by atomic mass is 16.3. The normalized spacial score (nSPS) is 15.4. The van der Waals surface area contributed by atoms with E-state index in [1.807, 2.05) is 17.9 Å². The van der Waals surface area contributed by atoms with Gasteiger partial charge in [0.15, 0.2) is 5.78 Å². The van der Waals surface area contributed by atoms with Crippen molar-refractivity contribution in [2.75, 3.05) is 19.7 Å². The third kappa shape index (κ3) is 3.23. The standard InChI is InChI=1S/C14H22N2O2/c1-4-16(7-8-17)14-6-5-12(10(2)15)9-13(14)11(3)18/h9,17H,2,4-8,15H2,1,3H3. The largest absolute Gasteiger partial charge is 0.399 e. The van der Waals surface area contributed by atoms with Gasteiger partial charge in [-0.3, -0.25) is 4.79 Å². The van der Waals surface area contributed by atoms with Crippen molar-refractivity contribution in [3.05, 3.63) is 35.2 Å². The van der Waals surface area contributed by atoms with Crippen LogP contribution in [0.1, 0.15) is 26.7 Å². The molecule has 0 radical (unpaired) electrons. The van der Waals surface area contributed by atoms with Crippen LogP contribution in [0.4, 0.5) is 0 Å². The molecule has 0 aliphatic heterocycles. The number of nitrogens with two attached hydrogens (primary N) is 1. The smallest absolute Gasteiger partial charge is 0.161 e. The molecule has 1 aliphatic carbocycles. The number of hydrogen-bond acceptors (Lipinski definition) is 4. The molecule has 4 nitrogen and oxygen atoms in total. The van der Waals surface area contributed by atoms with E-state index in [-0.39, 0.29) is 12.4 Å². The van der Waals surface area contributed by atoms with E-state index in [1.54, 1.807) is 6.92 Å². The van der Waals surface area contributed by atoms with Gasteiger partial charge in [0, 0.05) is 30.1 Å². The summed E-state index contributed by atoms with van der Waals surface area (Å²) >= 11 is 0. The molecule has 0 unspecified atom stereocenters. The highest BCUT2D eigenvalue weighted by Gasteiger charge is 2.20. The summed E-state index contributed by atoms with van der Waals surface area (Å²) in [4.78, 5) is 13.8. The Morgan fingerprint density at radius 1 is 1.56 bits per heavy atom. The average molecular weight is 250 g/mol. The first-order chi connectivity index (χ1) is 8.51. The van der Waals surface area contributed by atoms with Gasteiger partial charge in [0.2, 0.25) is 0 Å². The van der Waals surface area contributed by atoms with Crippen LogP contribution in [0.3, 0.4) is 0 Å². The molecule has 4 heteroatoms. The fourth-order valence-electron chi connectivity index (χ4n) is 2.21. The molecule has 0 aromatic carbocycles. The van der Waals surface area contributed by atoms with Crippen molar-refractivity contribution in [2.45, 2.75) is 26.7 Å². The van der Waals surface area contributed by atoms with Crippen molar-refractivity contribution in [1.82, 2.24) is 4.90 Å². The fraction of sp³-hybridized carbons (Fsp3) is 0.500. The minimum absolute atomic E-state index is 0.0276. The van der Waals surface area contributed by atoms with E-state index in [9.17, 15) is 4.79 Å². The molecule has 0 bridgehead atoms. The van der Waals surface area contributed by atoms with E-state index in [4.69, 9.17) is 10.8 Å². The summed E-state index contributed by atoms with van der Waals surface area (Å²) < 4.78 is 0. The molecule has 0 aromatic heterocycles. The summed E-state index contributed by atoms with van der Waals surface area (Å²) in [7, 11) is 0. The van der Waals surface area contributed by atoms with Crippen LogP contribution in [0, 0.1) is 0 Å². The van der Waals surface area contributed by atoms with Crippen LogP contribution in [-0.2, 0) is 4.79 Å². The maximum absolute atomic E-state index is 11.7. The lowest BCUT2D eigenvalue weighted by Crippen LogP contribution is -2.29. The minimum atomic E-state index is 0.0276. The van der Waals surface area contributed by atoms with Gasteiger partial charge in [-0.1, -0.05) is 6.58 Å². The number of Topliss-reactive ketones (excluding diaryl/α,β-unsaturated/α-hetero) is 1. The number of nitrogens with zero attached hydrogens (tertiary/aromatic N) is 1. The topological polar surface area (TPSA) is 66.6 Å². The molecule has 3 N–H and O–H groups in total. The average Bonchev–Trinajstić information content (AvgIpc) is 2.35. The van der Waals surface area contributed by atoms with E-state index in [0.29, 0.717) is 17.8 Å². The van der Waals surface area contributed by atoms with Gasteiger partial charge in [0.25, 0.3) is 0 Å². The van der Waals surface area contributed by atoms with Crippen LogP contribution in [0.25, 0.3) is 0 Å². The van der Waals surface area contributed by atoms with Gasteiger partial charge in [0.05, 0.1) is 6.61 Å². The molecule has 18 heavy (non-hydrogen) atoms.